The number of ether oxygens (including phenoxy) is 1. The number of halogens is 1. The van der Waals surface area contributed by atoms with E-state index in [0.717, 1.165) is 18.0 Å². The molecular formula is C16H22ClNO2. The van der Waals surface area contributed by atoms with Crippen molar-refractivity contribution < 1.29 is 9.53 Å². The van der Waals surface area contributed by atoms with Crippen molar-refractivity contribution in [2.24, 2.45) is 5.92 Å². The summed E-state index contributed by atoms with van der Waals surface area (Å²) in [5.74, 6) is 1.41. The molecule has 0 saturated heterocycles. The molecule has 3 nitrogen and oxygen atoms in total. The van der Waals surface area contributed by atoms with Gasteiger partial charge < -0.3 is 10.1 Å². The molecule has 0 radical (unpaired) electrons. The van der Waals surface area contributed by atoms with Crippen molar-refractivity contribution in [1.82, 2.24) is 0 Å². The largest absolute Gasteiger partial charge is 0.495 e. The summed E-state index contributed by atoms with van der Waals surface area (Å²) in [7, 11) is 1.57. The molecule has 1 fully saturated rings. The molecule has 2 rings (SSSR count). The van der Waals surface area contributed by atoms with Gasteiger partial charge in [-0.25, -0.2) is 0 Å². The number of carbonyl (C=O) groups excluding carboxylic acids is 1. The molecule has 1 N–H and O–H groups in total. The summed E-state index contributed by atoms with van der Waals surface area (Å²) in [6, 6.07) is 5.29. The Morgan fingerprint density at radius 1 is 1.35 bits per heavy atom. The van der Waals surface area contributed by atoms with Crippen molar-refractivity contribution in [2.75, 3.05) is 12.4 Å². The number of carbonyl (C=O) groups is 1. The highest BCUT2D eigenvalue weighted by molar-refractivity contribution is 6.32. The van der Waals surface area contributed by atoms with Crippen LogP contribution >= 0.6 is 11.6 Å². The van der Waals surface area contributed by atoms with Crippen molar-refractivity contribution in [1.29, 1.82) is 0 Å². The fourth-order valence-electron chi connectivity index (χ4n) is 2.78. The lowest BCUT2D eigenvalue weighted by molar-refractivity contribution is -0.116. The number of benzene rings is 1. The normalized spacial score (nSPS) is 15.9. The summed E-state index contributed by atoms with van der Waals surface area (Å²) < 4.78 is 5.09. The minimum Gasteiger partial charge on any atom is -0.495 e. The minimum atomic E-state index is 0.0665. The Hall–Kier alpha value is -1.22. The van der Waals surface area contributed by atoms with Crippen molar-refractivity contribution in [3.05, 3.63) is 23.2 Å². The molecule has 20 heavy (non-hydrogen) atoms. The third-order valence-corrected chi connectivity index (χ3v) is 4.24. The molecule has 0 bridgehead atoms. The molecule has 1 aliphatic carbocycles. The first-order valence-electron chi connectivity index (χ1n) is 7.32. The fourth-order valence-corrected chi connectivity index (χ4v) is 3.04. The second kappa shape index (κ2) is 7.53. The lowest BCUT2D eigenvalue weighted by Crippen LogP contribution is -2.14. The molecule has 0 aromatic heterocycles. The van der Waals surface area contributed by atoms with E-state index in [4.69, 9.17) is 16.3 Å². The summed E-state index contributed by atoms with van der Waals surface area (Å²) >= 11 is 6.04. The van der Waals surface area contributed by atoms with E-state index in [9.17, 15) is 4.79 Å². The smallest absolute Gasteiger partial charge is 0.224 e. The van der Waals surface area contributed by atoms with Gasteiger partial charge in [-0.15, -0.1) is 0 Å². The van der Waals surface area contributed by atoms with Crippen molar-refractivity contribution in [2.45, 2.75) is 44.9 Å². The lowest BCUT2D eigenvalue weighted by Gasteiger charge is -2.21. The highest BCUT2D eigenvalue weighted by atomic mass is 35.5. The molecule has 1 aromatic carbocycles. The van der Waals surface area contributed by atoms with Crippen LogP contribution in [0.2, 0.25) is 5.02 Å². The number of methoxy groups -OCH3 is 1. The van der Waals surface area contributed by atoms with E-state index < -0.39 is 0 Å². The molecule has 0 spiro atoms. The Balaban J connectivity index is 1.80. The molecule has 1 aromatic rings. The number of amides is 1. The van der Waals surface area contributed by atoms with E-state index in [1.165, 1.54) is 32.1 Å². The maximum absolute atomic E-state index is 11.9. The van der Waals surface area contributed by atoms with E-state index in [1.807, 2.05) is 6.07 Å². The summed E-state index contributed by atoms with van der Waals surface area (Å²) in [4.78, 5) is 11.9. The van der Waals surface area contributed by atoms with Crippen molar-refractivity contribution in [3.8, 4) is 5.75 Å². The monoisotopic (exact) mass is 295 g/mol. The Morgan fingerprint density at radius 3 is 2.75 bits per heavy atom. The van der Waals surface area contributed by atoms with E-state index in [2.05, 4.69) is 5.32 Å². The molecule has 1 aliphatic rings. The predicted molar refractivity (Wildman–Crippen MR) is 82.4 cm³/mol. The van der Waals surface area contributed by atoms with Crippen LogP contribution in [0.5, 0.6) is 5.75 Å². The zero-order chi connectivity index (χ0) is 14.4. The quantitative estimate of drug-likeness (QED) is 0.859. The zero-order valence-corrected chi connectivity index (χ0v) is 12.7. The Bertz CT molecular complexity index is 456. The van der Waals surface area contributed by atoms with Crippen LogP contribution in [0.15, 0.2) is 18.2 Å². The van der Waals surface area contributed by atoms with Crippen LogP contribution in [0, 0.1) is 5.92 Å². The molecule has 0 atom stereocenters. The second-order valence-corrected chi connectivity index (χ2v) is 5.85. The number of hydrogen-bond acceptors (Lipinski definition) is 2. The van der Waals surface area contributed by atoms with Crippen LogP contribution in [0.3, 0.4) is 0 Å². The van der Waals surface area contributed by atoms with Gasteiger partial charge in [-0.1, -0.05) is 43.7 Å². The van der Waals surface area contributed by atoms with E-state index >= 15 is 0 Å². The third kappa shape index (κ3) is 4.41. The summed E-state index contributed by atoms with van der Waals surface area (Å²) in [5.41, 5.74) is 0.726. The van der Waals surface area contributed by atoms with Gasteiger partial charge in [0.1, 0.15) is 5.75 Å². The molecular weight excluding hydrogens is 274 g/mol. The topological polar surface area (TPSA) is 38.3 Å². The zero-order valence-electron chi connectivity index (χ0n) is 12.0. The average molecular weight is 296 g/mol. The van der Waals surface area contributed by atoms with Crippen molar-refractivity contribution >= 4 is 23.2 Å². The first-order valence-corrected chi connectivity index (χ1v) is 7.70. The highest BCUT2D eigenvalue weighted by Gasteiger charge is 2.15. The Labute approximate surface area is 125 Å². The van der Waals surface area contributed by atoms with E-state index in [-0.39, 0.29) is 5.91 Å². The van der Waals surface area contributed by atoms with Crippen LogP contribution in [-0.4, -0.2) is 13.0 Å². The van der Waals surface area contributed by atoms with Gasteiger partial charge in [0.05, 0.1) is 12.1 Å². The summed E-state index contributed by atoms with van der Waals surface area (Å²) in [6.07, 6.45) is 8.14. The lowest BCUT2D eigenvalue weighted by atomic mass is 9.86. The van der Waals surface area contributed by atoms with Crippen LogP contribution < -0.4 is 10.1 Å². The van der Waals surface area contributed by atoms with Gasteiger partial charge in [-0.05, 0) is 30.5 Å². The molecule has 0 unspecified atom stereocenters. The van der Waals surface area contributed by atoms with Crippen molar-refractivity contribution in [3.63, 3.8) is 0 Å². The second-order valence-electron chi connectivity index (χ2n) is 5.44. The maximum Gasteiger partial charge on any atom is 0.224 e. The molecule has 110 valence electrons. The summed E-state index contributed by atoms with van der Waals surface area (Å²) in [6.45, 7) is 0. The van der Waals surface area contributed by atoms with Crippen LogP contribution in [0.1, 0.15) is 44.9 Å². The average Bonchev–Trinajstić information content (AvgIpc) is 2.46. The Kier molecular flexibility index (Phi) is 5.72. The SMILES string of the molecule is COc1ccc(NC(=O)CCC2CCCCC2)cc1Cl. The molecule has 0 heterocycles. The highest BCUT2D eigenvalue weighted by Crippen LogP contribution is 2.29. The van der Waals surface area contributed by atoms with E-state index in [0.29, 0.717) is 17.2 Å². The van der Waals surface area contributed by atoms with Crippen LogP contribution in [0.4, 0.5) is 5.69 Å². The first-order chi connectivity index (χ1) is 9.69. The van der Waals surface area contributed by atoms with Crippen LogP contribution in [-0.2, 0) is 4.79 Å². The predicted octanol–water partition coefficient (Wildman–Crippen LogP) is 4.65. The summed E-state index contributed by atoms with van der Waals surface area (Å²) in [5, 5.41) is 3.41. The molecule has 1 amide bonds. The maximum atomic E-state index is 11.9. The first kappa shape index (κ1) is 15.2. The molecule has 4 heteroatoms. The number of anilines is 1. The number of nitrogens with one attached hydrogen (secondary N) is 1. The van der Waals surface area contributed by atoms with Gasteiger partial charge in [0, 0.05) is 12.1 Å². The number of rotatable bonds is 5. The van der Waals surface area contributed by atoms with Gasteiger partial charge >= 0.3 is 0 Å². The minimum absolute atomic E-state index is 0.0665. The van der Waals surface area contributed by atoms with E-state index in [1.54, 1.807) is 19.2 Å². The van der Waals surface area contributed by atoms with Gasteiger partial charge in [-0.3, -0.25) is 4.79 Å². The van der Waals surface area contributed by atoms with Crippen LogP contribution in [0.25, 0.3) is 0 Å². The fraction of sp³-hybridized carbons (Fsp3) is 0.562. The van der Waals surface area contributed by atoms with Gasteiger partial charge in [0.2, 0.25) is 5.91 Å². The van der Waals surface area contributed by atoms with Gasteiger partial charge in [0.15, 0.2) is 0 Å². The molecule has 0 aliphatic heterocycles. The van der Waals surface area contributed by atoms with Gasteiger partial charge in [-0.2, -0.15) is 0 Å². The molecule has 1 saturated carbocycles. The number of hydrogen-bond donors (Lipinski definition) is 1. The third-order valence-electron chi connectivity index (χ3n) is 3.94. The standard InChI is InChI=1S/C16H22ClNO2/c1-20-15-9-8-13(11-14(15)17)18-16(19)10-7-12-5-3-2-4-6-12/h8-9,11-12H,2-7,10H2,1H3,(H,18,19). The Morgan fingerprint density at radius 2 is 2.10 bits per heavy atom. The van der Waals surface area contributed by atoms with Gasteiger partial charge in [0.25, 0.3) is 0 Å².